The second-order valence-corrected chi connectivity index (χ2v) is 6.41. The maximum atomic E-state index is 12.1. The largest absolute Gasteiger partial charge is 0.465 e. The van der Waals surface area contributed by atoms with Gasteiger partial charge in [-0.15, -0.1) is 0 Å². The van der Waals surface area contributed by atoms with E-state index in [2.05, 4.69) is 20.4 Å². The average Bonchev–Trinajstić information content (AvgIpc) is 2.71. The molecule has 0 saturated carbocycles. The second kappa shape index (κ2) is 9.01. The Balaban J connectivity index is 1.56. The predicted octanol–water partition coefficient (Wildman–Crippen LogP) is 4.45. The highest BCUT2D eigenvalue weighted by atomic mass is 35.5. The summed E-state index contributed by atoms with van der Waals surface area (Å²) in [6.07, 6.45) is 1.86. The number of nitrogens with one attached hydrogen (secondary N) is 2. The Morgan fingerprint density at radius 3 is 2.25 bits per heavy atom. The fraction of sp³-hybridized carbons (Fsp3) is 0.0952. The van der Waals surface area contributed by atoms with Crippen LogP contribution in [0.15, 0.2) is 66.9 Å². The third-order valence-electron chi connectivity index (χ3n) is 3.90. The SMILES string of the molecule is COC(=O)c1ccc(Nc2ccc(NC(=O)Cc3ccc(Cl)cc3)nc2)cc1. The van der Waals surface area contributed by atoms with Gasteiger partial charge in [-0.25, -0.2) is 9.78 Å². The number of anilines is 3. The molecule has 1 heterocycles. The van der Waals surface area contributed by atoms with Crippen molar-refractivity contribution in [3.8, 4) is 0 Å². The van der Waals surface area contributed by atoms with Crippen LogP contribution in [0.2, 0.25) is 5.02 Å². The molecule has 7 heteroatoms. The standard InChI is InChI=1S/C21H18ClN3O3/c1-28-21(27)15-4-8-17(9-5-15)24-18-10-11-19(23-13-18)25-20(26)12-14-2-6-16(22)7-3-14/h2-11,13,24H,12H2,1H3,(H,23,25,26). The van der Waals surface area contributed by atoms with Gasteiger partial charge >= 0.3 is 5.97 Å². The van der Waals surface area contributed by atoms with Crippen molar-refractivity contribution < 1.29 is 14.3 Å². The summed E-state index contributed by atoms with van der Waals surface area (Å²) >= 11 is 5.84. The normalized spacial score (nSPS) is 10.2. The van der Waals surface area contributed by atoms with E-state index >= 15 is 0 Å². The summed E-state index contributed by atoms with van der Waals surface area (Å²) in [4.78, 5) is 27.8. The van der Waals surface area contributed by atoms with E-state index in [-0.39, 0.29) is 18.3 Å². The maximum absolute atomic E-state index is 12.1. The van der Waals surface area contributed by atoms with E-state index in [4.69, 9.17) is 11.6 Å². The van der Waals surface area contributed by atoms with Crippen LogP contribution in [0.4, 0.5) is 17.2 Å². The summed E-state index contributed by atoms with van der Waals surface area (Å²) in [6, 6.07) is 17.5. The number of rotatable bonds is 6. The fourth-order valence-electron chi connectivity index (χ4n) is 2.49. The first-order valence-corrected chi connectivity index (χ1v) is 8.87. The van der Waals surface area contributed by atoms with Crippen molar-refractivity contribution in [3.05, 3.63) is 83.0 Å². The van der Waals surface area contributed by atoms with Crippen LogP contribution in [-0.2, 0) is 16.0 Å². The molecule has 3 aromatic rings. The Labute approximate surface area is 167 Å². The van der Waals surface area contributed by atoms with Gasteiger partial charge in [0.2, 0.25) is 5.91 Å². The summed E-state index contributed by atoms with van der Waals surface area (Å²) < 4.78 is 4.67. The number of hydrogen-bond donors (Lipinski definition) is 2. The smallest absolute Gasteiger partial charge is 0.337 e. The molecule has 6 nitrogen and oxygen atoms in total. The van der Waals surface area contributed by atoms with Gasteiger partial charge in [0.25, 0.3) is 0 Å². The highest BCUT2D eigenvalue weighted by Crippen LogP contribution is 2.18. The second-order valence-electron chi connectivity index (χ2n) is 5.98. The van der Waals surface area contributed by atoms with Crippen LogP contribution in [0.5, 0.6) is 0 Å². The number of aromatic nitrogens is 1. The Morgan fingerprint density at radius 1 is 0.964 bits per heavy atom. The summed E-state index contributed by atoms with van der Waals surface area (Å²) in [5.74, 6) is -0.0774. The summed E-state index contributed by atoms with van der Waals surface area (Å²) in [6.45, 7) is 0. The van der Waals surface area contributed by atoms with Crippen LogP contribution in [0, 0.1) is 0 Å². The number of nitrogens with zero attached hydrogens (tertiary/aromatic N) is 1. The quantitative estimate of drug-likeness (QED) is 0.603. The minimum atomic E-state index is -0.382. The molecule has 2 N–H and O–H groups in total. The molecule has 0 spiro atoms. The fourth-order valence-corrected chi connectivity index (χ4v) is 2.62. The molecular formula is C21H18ClN3O3. The third kappa shape index (κ3) is 5.31. The Kier molecular flexibility index (Phi) is 6.24. The van der Waals surface area contributed by atoms with E-state index in [9.17, 15) is 9.59 Å². The van der Waals surface area contributed by atoms with Crippen LogP contribution in [0.25, 0.3) is 0 Å². The van der Waals surface area contributed by atoms with Crippen LogP contribution in [0.1, 0.15) is 15.9 Å². The van der Waals surface area contributed by atoms with Crippen LogP contribution in [0.3, 0.4) is 0 Å². The number of amides is 1. The van der Waals surface area contributed by atoms with Crippen molar-refractivity contribution in [2.24, 2.45) is 0 Å². The first-order valence-electron chi connectivity index (χ1n) is 8.49. The molecule has 2 aromatic carbocycles. The first-order chi connectivity index (χ1) is 13.5. The molecule has 1 aromatic heterocycles. The topological polar surface area (TPSA) is 80.3 Å². The minimum absolute atomic E-state index is 0.158. The van der Waals surface area contributed by atoms with Gasteiger partial charge in [0.1, 0.15) is 5.82 Å². The van der Waals surface area contributed by atoms with Crippen molar-refractivity contribution in [3.63, 3.8) is 0 Å². The minimum Gasteiger partial charge on any atom is -0.465 e. The molecule has 0 fully saturated rings. The van der Waals surface area contributed by atoms with Crippen molar-refractivity contribution in [2.75, 3.05) is 17.7 Å². The van der Waals surface area contributed by atoms with Gasteiger partial charge < -0.3 is 15.4 Å². The molecule has 0 bridgehead atoms. The van der Waals surface area contributed by atoms with E-state index in [1.54, 1.807) is 54.7 Å². The Hall–Kier alpha value is -3.38. The monoisotopic (exact) mass is 395 g/mol. The lowest BCUT2D eigenvalue weighted by Gasteiger charge is -2.09. The molecule has 142 valence electrons. The number of ether oxygens (including phenoxy) is 1. The number of halogens is 1. The zero-order valence-corrected chi connectivity index (χ0v) is 15.9. The highest BCUT2D eigenvalue weighted by Gasteiger charge is 2.06. The predicted molar refractivity (Wildman–Crippen MR) is 109 cm³/mol. The van der Waals surface area contributed by atoms with E-state index in [1.165, 1.54) is 7.11 Å². The summed E-state index contributed by atoms with van der Waals surface area (Å²) in [5, 5.41) is 6.57. The number of pyridine rings is 1. The molecule has 0 atom stereocenters. The van der Waals surface area contributed by atoms with E-state index < -0.39 is 0 Å². The van der Waals surface area contributed by atoms with Crippen molar-refractivity contribution in [1.29, 1.82) is 0 Å². The number of benzene rings is 2. The number of carbonyl (C=O) groups excluding carboxylic acids is 2. The van der Waals surface area contributed by atoms with Crippen LogP contribution < -0.4 is 10.6 Å². The van der Waals surface area contributed by atoms with Gasteiger partial charge in [0.05, 0.1) is 31.0 Å². The van der Waals surface area contributed by atoms with E-state index in [1.807, 2.05) is 12.1 Å². The molecule has 3 rings (SSSR count). The molecule has 28 heavy (non-hydrogen) atoms. The number of methoxy groups -OCH3 is 1. The average molecular weight is 396 g/mol. The van der Waals surface area contributed by atoms with Crippen molar-refractivity contribution >= 4 is 40.7 Å². The van der Waals surface area contributed by atoms with Gasteiger partial charge in [-0.3, -0.25) is 4.79 Å². The first kappa shape index (κ1) is 19.4. The molecule has 0 saturated heterocycles. The van der Waals surface area contributed by atoms with Crippen molar-refractivity contribution in [1.82, 2.24) is 4.98 Å². The van der Waals surface area contributed by atoms with Gasteiger partial charge in [-0.2, -0.15) is 0 Å². The molecule has 0 radical (unpaired) electrons. The lowest BCUT2D eigenvalue weighted by Crippen LogP contribution is -2.15. The molecule has 0 unspecified atom stereocenters. The summed E-state index contributed by atoms with van der Waals surface area (Å²) in [5.41, 5.74) is 2.90. The Bertz CT molecular complexity index is 956. The highest BCUT2D eigenvalue weighted by molar-refractivity contribution is 6.30. The maximum Gasteiger partial charge on any atom is 0.337 e. The Morgan fingerprint density at radius 2 is 1.64 bits per heavy atom. The van der Waals surface area contributed by atoms with Gasteiger partial charge in [-0.1, -0.05) is 23.7 Å². The van der Waals surface area contributed by atoms with E-state index in [0.29, 0.717) is 16.4 Å². The van der Waals surface area contributed by atoms with Gasteiger partial charge in [0.15, 0.2) is 0 Å². The molecule has 0 aliphatic carbocycles. The number of hydrogen-bond acceptors (Lipinski definition) is 5. The molecule has 0 aliphatic rings. The number of carbonyl (C=O) groups is 2. The lowest BCUT2D eigenvalue weighted by atomic mass is 10.1. The molecular weight excluding hydrogens is 378 g/mol. The van der Waals surface area contributed by atoms with Gasteiger partial charge in [-0.05, 0) is 54.1 Å². The van der Waals surface area contributed by atoms with E-state index in [0.717, 1.165) is 16.9 Å². The zero-order valence-electron chi connectivity index (χ0n) is 15.1. The summed E-state index contributed by atoms with van der Waals surface area (Å²) in [7, 11) is 1.34. The molecule has 1 amide bonds. The third-order valence-corrected chi connectivity index (χ3v) is 4.16. The number of esters is 1. The van der Waals surface area contributed by atoms with Gasteiger partial charge in [0, 0.05) is 10.7 Å². The van der Waals surface area contributed by atoms with Crippen LogP contribution in [-0.4, -0.2) is 24.0 Å². The van der Waals surface area contributed by atoms with Crippen molar-refractivity contribution in [2.45, 2.75) is 6.42 Å². The zero-order chi connectivity index (χ0) is 19.9. The lowest BCUT2D eigenvalue weighted by molar-refractivity contribution is -0.115. The van der Waals surface area contributed by atoms with Crippen LogP contribution >= 0.6 is 11.6 Å². The molecule has 0 aliphatic heterocycles.